The number of aromatic nitrogens is 2. The smallest absolute Gasteiger partial charge is 0.422 e. The van der Waals surface area contributed by atoms with Crippen molar-refractivity contribution in [1.29, 1.82) is 0 Å². The Labute approximate surface area is 169 Å². The molecule has 1 aliphatic rings. The van der Waals surface area contributed by atoms with Crippen LogP contribution in [0.25, 0.3) is 10.9 Å². The minimum Gasteiger partial charge on any atom is -0.468 e. The van der Waals surface area contributed by atoms with Gasteiger partial charge >= 0.3 is 6.18 Å². The number of pyridine rings is 1. The van der Waals surface area contributed by atoms with Gasteiger partial charge in [-0.2, -0.15) is 13.2 Å². The van der Waals surface area contributed by atoms with E-state index in [2.05, 4.69) is 20.0 Å². The summed E-state index contributed by atoms with van der Waals surface area (Å²) < 4.78 is 54.7. The number of alkyl halides is 3. The van der Waals surface area contributed by atoms with E-state index in [1.165, 1.54) is 24.4 Å². The van der Waals surface area contributed by atoms with E-state index in [0.29, 0.717) is 12.0 Å². The number of rotatable bonds is 6. The highest BCUT2D eigenvalue weighted by Gasteiger charge is 2.45. The molecule has 0 aliphatic heterocycles. The summed E-state index contributed by atoms with van der Waals surface area (Å²) in [6, 6.07) is 7.05. The maximum absolute atomic E-state index is 13.6. The van der Waals surface area contributed by atoms with Crippen molar-refractivity contribution in [1.82, 2.24) is 15.3 Å². The number of carbonyl (C=O) groups is 1. The summed E-state index contributed by atoms with van der Waals surface area (Å²) in [5.74, 6) is -0.783. The summed E-state index contributed by atoms with van der Waals surface area (Å²) in [7, 11) is 0. The number of amides is 1. The van der Waals surface area contributed by atoms with Gasteiger partial charge in [0.05, 0.1) is 6.04 Å². The fraction of sp³-hybridized carbons (Fsp3) is 0.333. The maximum Gasteiger partial charge on any atom is 0.422 e. The number of fused-ring (bicyclic) bond motifs is 1. The zero-order chi connectivity index (χ0) is 21.5. The Kier molecular flexibility index (Phi) is 5.13. The highest BCUT2D eigenvalue weighted by molar-refractivity contribution is 5.88. The summed E-state index contributed by atoms with van der Waals surface area (Å²) >= 11 is 0. The van der Waals surface area contributed by atoms with E-state index < -0.39 is 12.8 Å². The largest absolute Gasteiger partial charge is 0.468 e. The molecule has 0 radical (unpaired) electrons. The van der Waals surface area contributed by atoms with Crippen molar-refractivity contribution < 1.29 is 27.1 Å². The van der Waals surface area contributed by atoms with Crippen molar-refractivity contribution in [3.8, 4) is 5.88 Å². The first-order valence-corrected chi connectivity index (χ1v) is 9.43. The standard InChI is InChI=1S/C21H19F4N3O2/c1-11(12-2-5-19(27-8-12)30-10-21(23,24)25)28-20(29)16-7-14(16)17-9-26-18-4-3-13(22)6-15(17)18/h2-6,8-9,11,14,16,26H,7,10H2,1H3,(H,28,29)/t11-,14?,16?/m1/s1. The molecular weight excluding hydrogens is 402 g/mol. The summed E-state index contributed by atoms with van der Waals surface area (Å²) in [5.41, 5.74) is 2.39. The number of carbonyl (C=O) groups excluding carboxylic acids is 1. The van der Waals surface area contributed by atoms with Crippen molar-refractivity contribution in [2.75, 3.05) is 6.61 Å². The minimum absolute atomic E-state index is 0.0176. The van der Waals surface area contributed by atoms with Crippen LogP contribution in [0.15, 0.2) is 42.7 Å². The molecule has 2 N–H and O–H groups in total. The molecule has 0 spiro atoms. The molecule has 158 valence electrons. The van der Waals surface area contributed by atoms with Gasteiger partial charge in [0.2, 0.25) is 11.8 Å². The molecule has 5 nitrogen and oxygen atoms in total. The molecule has 4 rings (SSSR count). The van der Waals surface area contributed by atoms with Crippen molar-refractivity contribution in [3.05, 3.63) is 59.7 Å². The minimum atomic E-state index is -4.43. The second-order valence-corrected chi connectivity index (χ2v) is 7.45. The fourth-order valence-electron chi connectivity index (χ4n) is 3.54. The lowest BCUT2D eigenvalue weighted by Gasteiger charge is -2.15. The molecular formula is C21H19F4N3O2. The van der Waals surface area contributed by atoms with Gasteiger partial charge in [0.15, 0.2) is 6.61 Å². The van der Waals surface area contributed by atoms with Crippen LogP contribution in [-0.2, 0) is 4.79 Å². The van der Waals surface area contributed by atoms with Crippen LogP contribution in [-0.4, -0.2) is 28.7 Å². The van der Waals surface area contributed by atoms with Crippen molar-refractivity contribution in [2.24, 2.45) is 5.92 Å². The lowest BCUT2D eigenvalue weighted by molar-refractivity contribution is -0.154. The molecule has 0 bridgehead atoms. The van der Waals surface area contributed by atoms with E-state index in [4.69, 9.17) is 0 Å². The second kappa shape index (κ2) is 7.62. The van der Waals surface area contributed by atoms with Crippen LogP contribution < -0.4 is 10.1 Å². The van der Waals surface area contributed by atoms with Crippen LogP contribution in [0.1, 0.15) is 36.4 Å². The number of hydrogen-bond acceptors (Lipinski definition) is 3. The van der Waals surface area contributed by atoms with E-state index in [1.54, 1.807) is 19.1 Å². The van der Waals surface area contributed by atoms with Crippen LogP contribution in [0.4, 0.5) is 17.6 Å². The van der Waals surface area contributed by atoms with E-state index in [1.807, 2.05) is 6.20 Å². The van der Waals surface area contributed by atoms with E-state index in [9.17, 15) is 22.4 Å². The number of ether oxygens (including phenoxy) is 1. The van der Waals surface area contributed by atoms with Crippen molar-refractivity contribution in [3.63, 3.8) is 0 Å². The van der Waals surface area contributed by atoms with Crippen molar-refractivity contribution in [2.45, 2.75) is 31.5 Å². The van der Waals surface area contributed by atoms with Gasteiger partial charge in [0.1, 0.15) is 5.82 Å². The molecule has 3 aromatic rings. The van der Waals surface area contributed by atoms with Crippen LogP contribution in [0.2, 0.25) is 0 Å². The number of aromatic amines is 1. The Morgan fingerprint density at radius 3 is 2.83 bits per heavy atom. The zero-order valence-corrected chi connectivity index (χ0v) is 16.0. The predicted molar refractivity (Wildman–Crippen MR) is 101 cm³/mol. The summed E-state index contributed by atoms with van der Waals surface area (Å²) in [6.45, 7) is 0.357. The third-order valence-corrected chi connectivity index (χ3v) is 5.20. The summed E-state index contributed by atoms with van der Waals surface area (Å²) in [6.07, 6.45) is -0.567. The number of benzene rings is 1. The molecule has 1 saturated carbocycles. The molecule has 0 saturated heterocycles. The van der Waals surface area contributed by atoms with Gasteiger partial charge in [-0.3, -0.25) is 4.79 Å². The fourth-order valence-corrected chi connectivity index (χ4v) is 3.54. The van der Waals surface area contributed by atoms with Gasteiger partial charge in [-0.25, -0.2) is 9.37 Å². The Hall–Kier alpha value is -3.10. The Bertz CT molecular complexity index is 1060. The van der Waals surface area contributed by atoms with Gasteiger partial charge in [0.25, 0.3) is 0 Å². The molecule has 2 unspecified atom stereocenters. The summed E-state index contributed by atoms with van der Waals surface area (Å²) in [5, 5.41) is 3.68. The number of nitrogens with one attached hydrogen (secondary N) is 2. The predicted octanol–water partition coefficient (Wildman–Crippen LogP) is 4.62. The first-order valence-electron chi connectivity index (χ1n) is 9.43. The number of nitrogens with zero attached hydrogens (tertiary/aromatic N) is 1. The van der Waals surface area contributed by atoms with Crippen LogP contribution in [0.3, 0.4) is 0 Å². The van der Waals surface area contributed by atoms with E-state index in [-0.39, 0.29) is 35.5 Å². The van der Waals surface area contributed by atoms with Gasteiger partial charge in [0, 0.05) is 35.3 Å². The highest BCUT2D eigenvalue weighted by Crippen LogP contribution is 2.50. The molecule has 1 amide bonds. The molecule has 1 aliphatic carbocycles. The first-order chi connectivity index (χ1) is 14.2. The number of H-pyrrole nitrogens is 1. The third kappa shape index (κ3) is 4.39. The molecule has 30 heavy (non-hydrogen) atoms. The molecule has 2 heterocycles. The molecule has 1 aromatic carbocycles. The van der Waals surface area contributed by atoms with Gasteiger partial charge in [-0.15, -0.1) is 0 Å². The Morgan fingerprint density at radius 2 is 2.13 bits per heavy atom. The van der Waals surface area contributed by atoms with Gasteiger partial charge < -0.3 is 15.0 Å². The lowest BCUT2D eigenvalue weighted by Crippen LogP contribution is -2.28. The normalized spacial score (nSPS) is 19.5. The molecule has 1 fully saturated rings. The van der Waals surface area contributed by atoms with Gasteiger partial charge in [-0.1, -0.05) is 6.07 Å². The summed E-state index contributed by atoms with van der Waals surface area (Å²) in [4.78, 5) is 19.6. The number of hydrogen-bond donors (Lipinski definition) is 2. The third-order valence-electron chi connectivity index (χ3n) is 5.20. The van der Waals surface area contributed by atoms with Crippen molar-refractivity contribution >= 4 is 16.8 Å². The van der Waals surface area contributed by atoms with Crippen LogP contribution in [0, 0.1) is 11.7 Å². The topological polar surface area (TPSA) is 67.0 Å². The average Bonchev–Trinajstić information content (AvgIpc) is 3.39. The quantitative estimate of drug-likeness (QED) is 0.571. The van der Waals surface area contributed by atoms with E-state index in [0.717, 1.165) is 16.5 Å². The van der Waals surface area contributed by atoms with Crippen LogP contribution >= 0.6 is 0 Å². The first kappa shape index (κ1) is 20.2. The number of halogens is 4. The average molecular weight is 421 g/mol. The highest BCUT2D eigenvalue weighted by atomic mass is 19.4. The van der Waals surface area contributed by atoms with E-state index >= 15 is 0 Å². The molecule has 9 heteroatoms. The maximum atomic E-state index is 13.6. The second-order valence-electron chi connectivity index (χ2n) is 7.45. The van der Waals surface area contributed by atoms with Crippen LogP contribution in [0.5, 0.6) is 5.88 Å². The SMILES string of the molecule is C[C@@H](NC(=O)C1CC1c1c[nH]c2ccc(F)cc12)c1ccc(OCC(F)(F)F)nc1. The monoisotopic (exact) mass is 421 g/mol. The Morgan fingerprint density at radius 1 is 1.33 bits per heavy atom. The zero-order valence-electron chi connectivity index (χ0n) is 16.0. The lowest BCUT2D eigenvalue weighted by atomic mass is 10.1. The van der Waals surface area contributed by atoms with Gasteiger partial charge in [-0.05, 0) is 48.6 Å². The molecule has 2 aromatic heterocycles. The Balaban J connectivity index is 1.35. The molecule has 3 atom stereocenters.